The van der Waals surface area contributed by atoms with Crippen molar-refractivity contribution in [2.24, 2.45) is 0 Å². The van der Waals surface area contributed by atoms with Gasteiger partial charge in [-0.05, 0) is 53.9 Å². The molecule has 0 spiro atoms. The van der Waals surface area contributed by atoms with Crippen molar-refractivity contribution in [1.82, 2.24) is 14.8 Å². The number of para-hydroxylation sites is 1. The van der Waals surface area contributed by atoms with E-state index in [2.05, 4.69) is 14.8 Å². The second-order valence-corrected chi connectivity index (χ2v) is 8.93. The Bertz CT molecular complexity index is 1240. The zero-order valence-electron chi connectivity index (χ0n) is 20.1. The smallest absolute Gasteiger partial charge is 0.325 e. The lowest BCUT2D eigenvalue weighted by molar-refractivity contribution is -0.120. The van der Waals surface area contributed by atoms with Crippen LogP contribution in [0.1, 0.15) is 11.1 Å². The molecule has 200 valence electrons. The Morgan fingerprint density at radius 2 is 1.39 bits per heavy atom. The summed E-state index contributed by atoms with van der Waals surface area (Å²) in [5.41, 5.74) is 0.916. The lowest BCUT2D eigenvalue weighted by Gasteiger charge is -2.25. The maximum absolute atomic E-state index is 13.7. The zero-order valence-corrected chi connectivity index (χ0v) is 20.9. The average molecular weight is 549 g/mol. The summed E-state index contributed by atoms with van der Waals surface area (Å²) in [5.74, 6) is -3.78. The fourth-order valence-electron chi connectivity index (χ4n) is 3.62. The molecular weight excluding hydrogens is 524 g/mol. The molecule has 3 N–H and O–H groups in total. The van der Waals surface area contributed by atoms with Crippen molar-refractivity contribution < 1.29 is 31.9 Å². The highest BCUT2D eigenvalue weighted by atomic mass is 32.2. The molecule has 0 fully saturated rings. The predicted molar refractivity (Wildman–Crippen MR) is 136 cm³/mol. The third kappa shape index (κ3) is 8.60. The van der Waals surface area contributed by atoms with Crippen molar-refractivity contribution in [2.45, 2.75) is 24.9 Å². The molecule has 0 bridgehead atoms. The first kappa shape index (κ1) is 28.7. The molecule has 0 saturated carbocycles. The topological polar surface area (TPSA) is 90.5 Å². The molecule has 3 rings (SSSR count). The summed E-state index contributed by atoms with van der Waals surface area (Å²) in [6.07, 6.45) is 0.246. The fourth-order valence-corrected chi connectivity index (χ4v) is 4.12. The molecule has 38 heavy (non-hydrogen) atoms. The molecule has 0 aliphatic heterocycles. The van der Waals surface area contributed by atoms with Gasteiger partial charge in [-0.15, -0.1) is 0 Å². The van der Waals surface area contributed by atoms with Gasteiger partial charge in [-0.2, -0.15) is 0 Å². The molecule has 7 nitrogen and oxygen atoms in total. The number of hydrogen-bond donors (Lipinski definition) is 3. The van der Waals surface area contributed by atoms with E-state index < -0.39 is 47.3 Å². The molecule has 3 aromatic rings. The average Bonchev–Trinajstić information content (AvgIpc) is 2.86. The van der Waals surface area contributed by atoms with E-state index in [1.165, 1.54) is 11.9 Å². The van der Waals surface area contributed by atoms with Gasteiger partial charge in [0.25, 0.3) is 0 Å². The molecule has 0 radical (unpaired) electrons. The normalized spacial score (nSPS) is 12.3. The van der Waals surface area contributed by atoms with Crippen LogP contribution in [0.2, 0.25) is 0 Å². The van der Waals surface area contributed by atoms with Gasteiger partial charge in [0.1, 0.15) is 35.6 Å². The van der Waals surface area contributed by atoms with Crippen LogP contribution in [0.4, 0.5) is 28.0 Å². The van der Waals surface area contributed by atoms with Gasteiger partial charge in [-0.3, -0.25) is 9.52 Å². The van der Waals surface area contributed by atoms with Crippen molar-refractivity contribution in [3.63, 3.8) is 0 Å². The molecule has 0 heterocycles. The van der Waals surface area contributed by atoms with Crippen LogP contribution in [0.15, 0.2) is 66.7 Å². The van der Waals surface area contributed by atoms with E-state index in [9.17, 15) is 31.9 Å². The quantitative estimate of drug-likeness (QED) is 0.191. The van der Waals surface area contributed by atoms with E-state index in [-0.39, 0.29) is 24.0 Å². The van der Waals surface area contributed by atoms with Crippen LogP contribution in [0.5, 0.6) is 0 Å². The summed E-state index contributed by atoms with van der Waals surface area (Å²) in [5, 5.41) is 2.48. The minimum atomic E-state index is -1.21. The summed E-state index contributed by atoms with van der Waals surface area (Å²) < 4.78 is 59.3. The van der Waals surface area contributed by atoms with Gasteiger partial charge in [-0.25, -0.2) is 27.1 Å². The van der Waals surface area contributed by atoms with E-state index in [4.69, 9.17) is 0 Å². The first-order valence-corrected chi connectivity index (χ1v) is 12.1. The number of halogens is 4. The molecule has 0 aromatic heterocycles. The minimum Gasteiger partial charge on any atom is -0.325 e. The van der Waals surface area contributed by atoms with E-state index in [1.54, 1.807) is 30.3 Å². The molecule has 2 atom stereocenters. The summed E-state index contributed by atoms with van der Waals surface area (Å²) in [6.45, 7) is 0. The second kappa shape index (κ2) is 13.6. The number of nitrogens with one attached hydrogen (secondary N) is 3. The summed E-state index contributed by atoms with van der Waals surface area (Å²) in [6, 6.07) is 11.3. The largest absolute Gasteiger partial charge is 0.326 e. The van der Waals surface area contributed by atoms with Gasteiger partial charge in [0.05, 0.1) is 6.04 Å². The van der Waals surface area contributed by atoms with Crippen LogP contribution in [-0.4, -0.2) is 37.4 Å². The lowest BCUT2D eigenvalue weighted by Crippen LogP contribution is -2.51. The highest BCUT2D eigenvalue weighted by Gasteiger charge is 2.26. The van der Waals surface area contributed by atoms with Crippen molar-refractivity contribution >= 4 is 36.0 Å². The predicted octanol–water partition coefficient (Wildman–Crippen LogP) is 4.08. The Morgan fingerprint density at radius 3 is 1.92 bits per heavy atom. The lowest BCUT2D eigenvalue weighted by atomic mass is 10.0. The number of aldehydes is 1. The molecule has 3 aromatic carbocycles. The Labute approximate surface area is 220 Å². The van der Waals surface area contributed by atoms with Crippen LogP contribution in [-0.2, 0) is 22.4 Å². The molecule has 3 amide bonds. The number of nitrogens with zero attached hydrogens (tertiary/aromatic N) is 1. The summed E-state index contributed by atoms with van der Waals surface area (Å²) in [4.78, 5) is 38.5. The van der Waals surface area contributed by atoms with Gasteiger partial charge in [-0.1, -0.05) is 18.2 Å². The minimum absolute atomic E-state index is 0.0530. The van der Waals surface area contributed by atoms with Gasteiger partial charge < -0.3 is 15.0 Å². The number of rotatable bonds is 11. The number of likely N-dealkylation sites (N-methyl/N-ethyl adjacent to an activating group) is 1. The zero-order chi connectivity index (χ0) is 27.7. The summed E-state index contributed by atoms with van der Waals surface area (Å²) >= 11 is 0.616. The maximum Gasteiger partial charge on any atom is 0.326 e. The third-order valence-corrected chi connectivity index (χ3v) is 6.04. The highest BCUT2D eigenvalue weighted by molar-refractivity contribution is 7.96. The maximum atomic E-state index is 13.7. The van der Waals surface area contributed by atoms with Gasteiger partial charge in [0.15, 0.2) is 0 Å². The Morgan fingerprint density at radius 1 is 0.868 bits per heavy atom. The molecular formula is C26H24F4N4O3S. The molecule has 12 heteroatoms. The number of carbonyl (C=O) groups is 3. The molecule has 0 saturated heterocycles. The Kier molecular flexibility index (Phi) is 10.3. The first-order valence-electron chi connectivity index (χ1n) is 11.3. The Hall–Kier alpha value is -3.90. The summed E-state index contributed by atoms with van der Waals surface area (Å²) in [7, 11) is 1.50. The standard InChI is InChI=1S/C26H24F4N4O3S/c1-34(23-5-3-2-4-6-23)25(36)24(12-17-9-20(29)14-21(30)10-17)31-26(37)33-38-32-22(15-35)11-16-7-18(27)13-19(28)8-16/h2-10,13-15,22,24,32H,11-12H2,1H3,(H2,31,33,37)/t22-,24?/m0/s1. The van der Waals surface area contributed by atoms with Crippen molar-refractivity contribution in [3.8, 4) is 0 Å². The van der Waals surface area contributed by atoms with Crippen molar-refractivity contribution in [2.75, 3.05) is 11.9 Å². The van der Waals surface area contributed by atoms with Crippen LogP contribution in [0.25, 0.3) is 0 Å². The van der Waals surface area contributed by atoms with Crippen LogP contribution >= 0.6 is 12.1 Å². The number of hydrogen-bond acceptors (Lipinski definition) is 5. The number of carbonyl (C=O) groups excluding carboxylic acids is 3. The molecule has 0 aliphatic rings. The number of amides is 3. The number of urea groups is 1. The molecule has 0 aliphatic carbocycles. The van der Waals surface area contributed by atoms with Crippen LogP contribution in [0.3, 0.4) is 0 Å². The van der Waals surface area contributed by atoms with E-state index in [1.807, 2.05) is 0 Å². The van der Waals surface area contributed by atoms with Crippen molar-refractivity contribution in [1.29, 1.82) is 0 Å². The SMILES string of the molecule is CN(C(=O)C(Cc1cc(F)cc(F)c1)NC(=O)NSN[C@H](C=O)Cc1cc(F)cc(F)c1)c1ccccc1. The van der Waals surface area contributed by atoms with Gasteiger partial charge >= 0.3 is 6.03 Å². The van der Waals surface area contributed by atoms with Crippen molar-refractivity contribution in [3.05, 3.63) is 101 Å². The Balaban J connectivity index is 1.65. The van der Waals surface area contributed by atoms with E-state index in [0.717, 1.165) is 24.3 Å². The first-order chi connectivity index (χ1) is 18.1. The second-order valence-electron chi connectivity index (χ2n) is 8.29. The molecule has 1 unspecified atom stereocenters. The van der Waals surface area contributed by atoms with E-state index in [0.29, 0.717) is 36.2 Å². The van der Waals surface area contributed by atoms with Crippen LogP contribution < -0.4 is 19.7 Å². The number of benzene rings is 3. The fraction of sp³-hybridized carbons (Fsp3) is 0.192. The number of anilines is 1. The van der Waals surface area contributed by atoms with Gasteiger partial charge in [0.2, 0.25) is 5.91 Å². The van der Waals surface area contributed by atoms with E-state index >= 15 is 0 Å². The highest BCUT2D eigenvalue weighted by Crippen LogP contribution is 2.16. The van der Waals surface area contributed by atoms with Gasteiger partial charge in [0, 0.05) is 43.4 Å². The third-order valence-electron chi connectivity index (χ3n) is 5.34. The monoisotopic (exact) mass is 548 g/mol. The van der Waals surface area contributed by atoms with Crippen LogP contribution in [0, 0.1) is 23.3 Å².